The maximum absolute atomic E-state index is 12.7. The number of sulfonamides is 1. The molecule has 31 heavy (non-hydrogen) atoms. The monoisotopic (exact) mass is 453 g/mol. The lowest BCUT2D eigenvalue weighted by Crippen LogP contribution is -2.41. The summed E-state index contributed by atoms with van der Waals surface area (Å²) < 4.78 is 72.2. The molecule has 0 N–H and O–H groups in total. The van der Waals surface area contributed by atoms with E-state index in [9.17, 15) is 21.6 Å². The fourth-order valence-electron chi connectivity index (χ4n) is 3.23. The van der Waals surface area contributed by atoms with E-state index in [1.165, 1.54) is 4.31 Å². The molecule has 1 aliphatic heterocycles. The molecular weight excluding hydrogens is 435 g/mol. The summed E-state index contributed by atoms with van der Waals surface area (Å²) in [7, 11) is -3.88. The maximum atomic E-state index is 12.7. The Kier molecular flexibility index (Phi) is 5.67. The lowest BCUT2D eigenvalue weighted by atomic mass is 10.1. The van der Waals surface area contributed by atoms with E-state index in [2.05, 4.69) is 15.3 Å². The van der Waals surface area contributed by atoms with Crippen LogP contribution in [-0.4, -0.2) is 51.9 Å². The number of aromatic nitrogens is 4. The molecule has 1 saturated heterocycles. The van der Waals surface area contributed by atoms with Crippen LogP contribution in [0.1, 0.15) is 18.4 Å². The van der Waals surface area contributed by atoms with Gasteiger partial charge in [0, 0.05) is 31.5 Å². The van der Waals surface area contributed by atoms with Crippen molar-refractivity contribution in [1.29, 1.82) is 0 Å². The topological polar surface area (TPSA) is 90.2 Å². The van der Waals surface area contributed by atoms with Gasteiger partial charge in [-0.1, -0.05) is 0 Å². The summed E-state index contributed by atoms with van der Waals surface area (Å²) in [6.45, 7) is 0.375. The Balaban J connectivity index is 1.35. The van der Waals surface area contributed by atoms with E-state index >= 15 is 0 Å². The summed E-state index contributed by atoms with van der Waals surface area (Å²) in [6, 6.07) is 8.64. The predicted molar refractivity (Wildman–Crippen MR) is 103 cm³/mol. The first-order chi connectivity index (χ1) is 14.7. The van der Waals surface area contributed by atoms with Crippen molar-refractivity contribution in [2.24, 2.45) is 0 Å². The first-order valence-corrected chi connectivity index (χ1v) is 10.9. The number of benzene rings is 1. The van der Waals surface area contributed by atoms with Crippen molar-refractivity contribution in [2.75, 3.05) is 13.1 Å². The smallest absolute Gasteiger partial charge is 0.416 e. The third-order valence-electron chi connectivity index (χ3n) is 4.87. The molecule has 0 atom stereocenters. The lowest BCUT2D eigenvalue weighted by molar-refractivity contribution is -0.137. The first-order valence-electron chi connectivity index (χ1n) is 9.41. The number of alkyl halides is 3. The highest BCUT2D eigenvalue weighted by atomic mass is 32.2. The summed E-state index contributed by atoms with van der Waals surface area (Å²) in [5.74, 6) is 0.856. The maximum Gasteiger partial charge on any atom is 0.416 e. The Morgan fingerprint density at radius 3 is 2.26 bits per heavy atom. The molecule has 0 aliphatic carbocycles. The van der Waals surface area contributed by atoms with Gasteiger partial charge in [-0.15, -0.1) is 10.2 Å². The van der Waals surface area contributed by atoms with Crippen LogP contribution in [0.5, 0.6) is 5.88 Å². The average molecular weight is 453 g/mol. The fourth-order valence-corrected chi connectivity index (χ4v) is 4.70. The summed E-state index contributed by atoms with van der Waals surface area (Å²) >= 11 is 0. The Bertz CT molecular complexity index is 1110. The minimum atomic E-state index is -4.52. The van der Waals surface area contributed by atoms with Crippen molar-refractivity contribution in [2.45, 2.75) is 30.0 Å². The zero-order chi connectivity index (χ0) is 22.1. The highest BCUT2D eigenvalue weighted by Crippen LogP contribution is 2.30. The van der Waals surface area contributed by atoms with Crippen LogP contribution in [-0.2, 0) is 16.2 Å². The molecule has 0 amide bonds. The van der Waals surface area contributed by atoms with Crippen molar-refractivity contribution in [3.8, 4) is 11.7 Å². The standard InChI is InChI=1S/C19H18F3N5O3S/c20-19(21,22)14-2-4-16(5-3-14)31(28,29)26-12-8-15(9-13-26)30-18-7-6-17(24-25-18)27-11-1-10-23-27/h1-7,10-11,15H,8-9,12-13H2. The third kappa shape index (κ3) is 4.69. The zero-order valence-corrected chi connectivity index (χ0v) is 16.9. The molecule has 8 nitrogen and oxygen atoms in total. The van der Waals surface area contributed by atoms with Crippen LogP contribution in [0.15, 0.2) is 59.8 Å². The van der Waals surface area contributed by atoms with Crippen molar-refractivity contribution >= 4 is 10.0 Å². The van der Waals surface area contributed by atoms with Crippen molar-refractivity contribution in [1.82, 2.24) is 24.3 Å². The van der Waals surface area contributed by atoms with E-state index in [0.717, 1.165) is 24.3 Å². The predicted octanol–water partition coefficient (Wildman–Crippen LogP) is 2.91. The van der Waals surface area contributed by atoms with Crippen LogP contribution in [0.2, 0.25) is 0 Å². The minimum absolute atomic E-state index is 0.167. The SMILES string of the molecule is O=S(=O)(c1ccc(C(F)(F)F)cc1)N1CCC(Oc2ccc(-n3cccn3)nn2)CC1. The summed E-state index contributed by atoms with van der Waals surface area (Å²) in [5.41, 5.74) is -0.891. The van der Waals surface area contributed by atoms with Gasteiger partial charge in [-0.2, -0.15) is 22.6 Å². The molecule has 12 heteroatoms. The molecular formula is C19H18F3N5O3S. The van der Waals surface area contributed by atoms with Gasteiger partial charge in [0.2, 0.25) is 15.9 Å². The zero-order valence-electron chi connectivity index (χ0n) is 16.1. The Morgan fingerprint density at radius 1 is 1.00 bits per heavy atom. The normalized spacial score (nSPS) is 16.4. The van der Waals surface area contributed by atoms with Gasteiger partial charge >= 0.3 is 6.18 Å². The Morgan fingerprint density at radius 2 is 1.71 bits per heavy atom. The molecule has 3 heterocycles. The van der Waals surface area contributed by atoms with Crippen molar-refractivity contribution in [3.05, 3.63) is 60.4 Å². The second-order valence-corrected chi connectivity index (χ2v) is 8.86. The first kappa shape index (κ1) is 21.2. The summed E-state index contributed by atoms with van der Waals surface area (Å²) in [6.07, 6.45) is -0.567. The molecule has 0 spiro atoms. The largest absolute Gasteiger partial charge is 0.473 e. The van der Waals surface area contributed by atoms with Gasteiger partial charge in [-0.25, -0.2) is 13.1 Å². The molecule has 164 valence electrons. The van der Waals surface area contributed by atoms with E-state index in [1.807, 2.05) is 0 Å². The van der Waals surface area contributed by atoms with E-state index < -0.39 is 21.8 Å². The van der Waals surface area contributed by atoms with Gasteiger partial charge in [-0.3, -0.25) is 0 Å². The molecule has 0 radical (unpaired) electrons. The minimum Gasteiger partial charge on any atom is -0.473 e. The van der Waals surface area contributed by atoms with Crippen molar-refractivity contribution < 1.29 is 26.3 Å². The highest BCUT2D eigenvalue weighted by Gasteiger charge is 2.33. The molecule has 3 aromatic rings. The van der Waals surface area contributed by atoms with E-state index in [0.29, 0.717) is 24.5 Å². The van der Waals surface area contributed by atoms with Crippen LogP contribution in [0.4, 0.5) is 13.2 Å². The quantitative estimate of drug-likeness (QED) is 0.590. The highest BCUT2D eigenvalue weighted by molar-refractivity contribution is 7.89. The summed E-state index contributed by atoms with van der Waals surface area (Å²) in [4.78, 5) is -0.167. The molecule has 1 fully saturated rings. The van der Waals surface area contributed by atoms with E-state index in [1.54, 1.807) is 35.3 Å². The molecule has 1 aromatic carbocycles. The van der Waals surface area contributed by atoms with E-state index in [-0.39, 0.29) is 24.1 Å². The fraction of sp³-hybridized carbons (Fsp3) is 0.316. The lowest BCUT2D eigenvalue weighted by Gasteiger charge is -2.31. The Hall–Kier alpha value is -2.99. The van der Waals surface area contributed by atoms with Crippen molar-refractivity contribution in [3.63, 3.8) is 0 Å². The van der Waals surface area contributed by atoms with Gasteiger partial charge in [0.05, 0.1) is 10.5 Å². The molecule has 4 rings (SSSR count). The number of hydrogen-bond donors (Lipinski definition) is 0. The molecule has 0 saturated carbocycles. The second-order valence-electron chi connectivity index (χ2n) is 6.92. The number of hydrogen-bond acceptors (Lipinski definition) is 6. The Labute approximate surface area is 176 Å². The number of rotatable bonds is 5. The van der Waals surface area contributed by atoms with Crippen LogP contribution in [0, 0.1) is 0 Å². The molecule has 1 aliphatic rings. The average Bonchev–Trinajstić information content (AvgIpc) is 3.29. The third-order valence-corrected chi connectivity index (χ3v) is 6.79. The van der Waals surface area contributed by atoms with E-state index in [4.69, 9.17) is 4.74 Å². The van der Waals surface area contributed by atoms with Gasteiger partial charge in [0.25, 0.3) is 0 Å². The second kappa shape index (κ2) is 8.27. The molecule has 0 bridgehead atoms. The number of halogens is 3. The number of ether oxygens (including phenoxy) is 1. The van der Waals surface area contributed by atoms with Gasteiger partial charge in [-0.05, 0) is 49.2 Å². The van der Waals surface area contributed by atoms with Crippen LogP contribution >= 0.6 is 0 Å². The van der Waals surface area contributed by atoms with Gasteiger partial charge < -0.3 is 4.74 Å². The molecule has 2 aromatic heterocycles. The summed E-state index contributed by atoms with van der Waals surface area (Å²) in [5, 5.41) is 12.1. The van der Waals surface area contributed by atoms with Crippen LogP contribution in [0.25, 0.3) is 5.82 Å². The van der Waals surface area contributed by atoms with Crippen LogP contribution in [0.3, 0.4) is 0 Å². The van der Waals surface area contributed by atoms with Gasteiger partial charge in [0.15, 0.2) is 5.82 Å². The number of piperidine rings is 1. The van der Waals surface area contributed by atoms with Gasteiger partial charge in [0.1, 0.15) is 6.10 Å². The molecule has 0 unspecified atom stereocenters. The van der Waals surface area contributed by atoms with Crippen LogP contribution < -0.4 is 4.74 Å². The number of nitrogens with zero attached hydrogens (tertiary/aromatic N) is 5.